The maximum absolute atomic E-state index is 14.2. The van der Waals surface area contributed by atoms with Gasteiger partial charge >= 0.3 is 0 Å². The smallest absolute Gasteiger partial charge is 0.146 e. The van der Waals surface area contributed by atoms with E-state index in [0.717, 1.165) is 18.4 Å². The van der Waals surface area contributed by atoms with Crippen molar-refractivity contribution >= 4 is 5.69 Å². The molecule has 2 N–H and O–H groups in total. The van der Waals surface area contributed by atoms with Gasteiger partial charge < -0.3 is 15.3 Å². The summed E-state index contributed by atoms with van der Waals surface area (Å²) < 4.78 is 14.2. The number of hydrogen-bond acceptors (Lipinski definition) is 3. The molecular formula is C15H25FN2O. The van der Waals surface area contributed by atoms with Gasteiger partial charge in [-0.3, -0.25) is 0 Å². The van der Waals surface area contributed by atoms with Gasteiger partial charge in [-0.2, -0.15) is 0 Å². The van der Waals surface area contributed by atoms with Crippen LogP contribution in [-0.2, 0) is 6.54 Å². The normalized spacial score (nSPS) is 11.1. The highest BCUT2D eigenvalue weighted by atomic mass is 19.1. The average molecular weight is 268 g/mol. The number of anilines is 1. The van der Waals surface area contributed by atoms with Crippen LogP contribution in [0.5, 0.6) is 0 Å². The van der Waals surface area contributed by atoms with Crippen molar-refractivity contribution in [2.75, 3.05) is 25.1 Å². The summed E-state index contributed by atoms with van der Waals surface area (Å²) in [5.41, 5.74) is 1.56. The SMILES string of the molecule is CCC(CC)N(CCO)c1c(F)cccc1CNC. The lowest BCUT2D eigenvalue weighted by Gasteiger charge is -2.34. The van der Waals surface area contributed by atoms with E-state index in [1.807, 2.05) is 18.0 Å². The standard InChI is InChI=1S/C15H25FN2O/c1-4-13(5-2)18(9-10-19)15-12(11-17-3)7-6-8-14(15)16/h6-8,13,17,19H,4-5,9-11H2,1-3H3. The second kappa shape index (κ2) is 8.12. The first-order valence-electron chi connectivity index (χ1n) is 6.99. The van der Waals surface area contributed by atoms with Crippen molar-refractivity contribution in [1.29, 1.82) is 0 Å². The van der Waals surface area contributed by atoms with E-state index in [1.165, 1.54) is 6.07 Å². The molecule has 0 amide bonds. The van der Waals surface area contributed by atoms with Gasteiger partial charge in [0.1, 0.15) is 5.82 Å². The van der Waals surface area contributed by atoms with Gasteiger partial charge in [-0.25, -0.2) is 4.39 Å². The highest BCUT2D eigenvalue weighted by molar-refractivity contribution is 5.55. The number of nitrogens with zero attached hydrogens (tertiary/aromatic N) is 1. The van der Waals surface area contributed by atoms with Crippen LogP contribution in [0.15, 0.2) is 18.2 Å². The van der Waals surface area contributed by atoms with Gasteiger partial charge in [-0.15, -0.1) is 0 Å². The number of para-hydroxylation sites is 1. The largest absolute Gasteiger partial charge is 0.395 e. The van der Waals surface area contributed by atoms with Crippen molar-refractivity contribution in [2.24, 2.45) is 0 Å². The van der Waals surface area contributed by atoms with E-state index in [4.69, 9.17) is 0 Å². The molecule has 0 spiro atoms. The molecule has 1 rings (SSSR count). The highest BCUT2D eigenvalue weighted by Crippen LogP contribution is 2.28. The lowest BCUT2D eigenvalue weighted by Crippen LogP contribution is -2.38. The minimum Gasteiger partial charge on any atom is -0.395 e. The Balaban J connectivity index is 3.19. The summed E-state index contributed by atoms with van der Waals surface area (Å²) in [4.78, 5) is 2.00. The Morgan fingerprint density at radius 2 is 2.00 bits per heavy atom. The molecule has 0 unspecified atom stereocenters. The van der Waals surface area contributed by atoms with Crippen molar-refractivity contribution in [3.05, 3.63) is 29.6 Å². The maximum atomic E-state index is 14.2. The van der Waals surface area contributed by atoms with E-state index in [1.54, 1.807) is 6.07 Å². The molecule has 0 heterocycles. The van der Waals surface area contributed by atoms with Crippen LogP contribution in [-0.4, -0.2) is 31.3 Å². The molecule has 0 bridgehead atoms. The first-order valence-corrected chi connectivity index (χ1v) is 6.99. The predicted octanol–water partition coefficient (Wildman–Crippen LogP) is 2.53. The number of aliphatic hydroxyl groups is 1. The molecule has 0 aliphatic rings. The monoisotopic (exact) mass is 268 g/mol. The molecule has 0 saturated heterocycles. The Morgan fingerprint density at radius 1 is 1.32 bits per heavy atom. The zero-order valence-electron chi connectivity index (χ0n) is 12.1. The summed E-state index contributed by atoms with van der Waals surface area (Å²) in [6.07, 6.45) is 1.87. The van der Waals surface area contributed by atoms with Crippen LogP contribution >= 0.6 is 0 Å². The van der Waals surface area contributed by atoms with Crippen LogP contribution in [0.25, 0.3) is 0 Å². The fourth-order valence-corrected chi connectivity index (χ4v) is 2.53. The molecular weight excluding hydrogens is 243 g/mol. The molecule has 1 aromatic rings. The third kappa shape index (κ3) is 3.91. The minimum atomic E-state index is -0.215. The first kappa shape index (κ1) is 15.9. The topological polar surface area (TPSA) is 35.5 Å². The second-order valence-corrected chi connectivity index (χ2v) is 4.67. The average Bonchev–Trinajstić information content (AvgIpc) is 2.40. The molecule has 0 fully saturated rings. The summed E-state index contributed by atoms with van der Waals surface area (Å²) in [7, 11) is 1.85. The van der Waals surface area contributed by atoms with Crippen LogP contribution in [0.2, 0.25) is 0 Å². The Morgan fingerprint density at radius 3 is 2.53 bits per heavy atom. The zero-order chi connectivity index (χ0) is 14.3. The van der Waals surface area contributed by atoms with Crippen LogP contribution in [0.1, 0.15) is 32.3 Å². The van der Waals surface area contributed by atoms with Crippen LogP contribution in [0, 0.1) is 5.82 Å². The predicted molar refractivity (Wildman–Crippen MR) is 78.0 cm³/mol. The molecule has 0 saturated carbocycles. The van der Waals surface area contributed by atoms with E-state index in [2.05, 4.69) is 19.2 Å². The van der Waals surface area contributed by atoms with Crippen molar-refractivity contribution in [3.8, 4) is 0 Å². The molecule has 108 valence electrons. The summed E-state index contributed by atoms with van der Waals surface area (Å²) in [5, 5.41) is 12.3. The van der Waals surface area contributed by atoms with Crippen LogP contribution in [0.4, 0.5) is 10.1 Å². The zero-order valence-corrected chi connectivity index (χ0v) is 12.1. The Hall–Kier alpha value is -1.13. The van der Waals surface area contributed by atoms with E-state index >= 15 is 0 Å². The number of benzene rings is 1. The second-order valence-electron chi connectivity index (χ2n) is 4.67. The van der Waals surface area contributed by atoms with Gasteiger partial charge in [-0.1, -0.05) is 26.0 Å². The summed E-state index contributed by atoms with van der Waals surface area (Å²) >= 11 is 0. The fraction of sp³-hybridized carbons (Fsp3) is 0.600. The van der Waals surface area contributed by atoms with Crippen molar-refractivity contribution in [1.82, 2.24) is 5.32 Å². The van der Waals surface area contributed by atoms with E-state index in [-0.39, 0.29) is 18.5 Å². The van der Waals surface area contributed by atoms with Gasteiger partial charge in [0, 0.05) is 19.1 Å². The lowest BCUT2D eigenvalue weighted by molar-refractivity contribution is 0.295. The summed E-state index contributed by atoms with van der Waals surface area (Å²) in [6.45, 7) is 5.30. The molecule has 0 radical (unpaired) electrons. The number of hydrogen-bond donors (Lipinski definition) is 2. The third-order valence-electron chi connectivity index (χ3n) is 3.45. The van der Waals surface area contributed by atoms with Crippen molar-refractivity contribution in [3.63, 3.8) is 0 Å². The summed E-state index contributed by atoms with van der Waals surface area (Å²) in [6, 6.07) is 5.40. The van der Waals surface area contributed by atoms with Crippen molar-refractivity contribution < 1.29 is 9.50 Å². The number of rotatable bonds is 8. The fourth-order valence-electron chi connectivity index (χ4n) is 2.53. The minimum absolute atomic E-state index is 0.0316. The molecule has 0 atom stereocenters. The first-order chi connectivity index (χ1) is 9.19. The van der Waals surface area contributed by atoms with E-state index in [9.17, 15) is 9.50 Å². The number of halogens is 1. The van der Waals surface area contributed by atoms with Gasteiger partial charge in [-0.05, 0) is 31.5 Å². The molecule has 0 aliphatic heterocycles. The quantitative estimate of drug-likeness (QED) is 0.760. The maximum Gasteiger partial charge on any atom is 0.146 e. The Bertz CT molecular complexity index is 380. The highest BCUT2D eigenvalue weighted by Gasteiger charge is 2.21. The van der Waals surface area contributed by atoms with Gasteiger partial charge in [0.2, 0.25) is 0 Å². The van der Waals surface area contributed by atoms with Gasteiger partial charge in [0.25, 0.3) is 0 Å². The lowest BCUT2D eigenvalue weighted by atomic mass is 10.1. The van der Waals surface area contributed by atoms with Crippen LogP contribution < -0.4 is 10.2 Å². The van der Waals surface area contributed by atoms with E-state index < -0.39 is 0 Å². The Labute approximate surface area is 115 Å². The number of nitrogens with one attached hydrogen (secondary N) is 1. The van der Waals surface area contributed by atoms with Crippen molar-refractivity contribution in [2.45, 2.75) is 39.3 Å². The molecule has 3 nitrogen and oxygen atoms in total. The molecule has 19 heavy (non-hydrogen) atoms. The van der Waals surface area contributed by atoms with Gasteiger partial charge in [0.05, 0.1) is 12.3 Å². The molecule has 1 aromatic carbocycles. The third-order valence-corrected chi connectivity index (χ3v) is 3.45. The van der Waals surface area contributed by atoms with Crippen LogP contribution in [0.3, 0.4) is 0 Å². The molecule has 0 aromatic heterocycles. The Kier molecular flexibility index (Phi) is 6.81. The number of aliphatic hydroxyl groups excluding tert-OH is 1. The van der Waals surface area contributed by atoms with E-state index in [0.29, 0.717) is 18.8 Å². The molecule has 4 heteroatoms. The molecule has 0 aliphatic carbocycles. The van der Waals surface area contributed by atoms with Gasteiger partial charge in [0.15, 0.2) is 0 Å². The summed E-state index contributed by atoms with van der Waals surface area (Å²) in [5.74, 6) is -0.215.